The Kier molecular flexibility index (Phi) is 4.39. The predicted octanol–water partition coefficient (Wildman–Crippen LogP) is 2.83. The Morgan fingerprint density at radius 2 is 1.85 bits per heavy atom. The molecule has 0 aliphatic carbocycles. The standard InChI is InChI=1S/C9H10ClNS.ClH/c10-7-1-3-8(4-2-7)12-9-5-11-6-9;/h1-4,9,11H,5-6H2;1H. The highest BCUT2D eigenvalue weighted by Gasteiger charge is 2.17. The molecule has 72 valence electrons. The van der Waals surface area contributed by atoms with Crippen LogP contribution < -0.4 is 5.32 Å². The van der Waals surface area contributed by atoms with E-state index in [0.717, 1.165) is 23.4 Å². The molecule has 0 amide bonds. The average molecular weight is 236 g/mol. The first-order valence-corrected chi connectivity index (χ1v) is 5.23. The summed E-state index contributed by atoms with van der Waals surface area (Å²) >= 11 is 7.69. The number of hydrogen-bond donors (Lipinski definition) is 1. The quantitative estimate of drug-likeness (QED) is 0.847. The second kappa shape index (κ2) is 5.11. The van der Waals surface area contributed by atoms with E-state index in [1.807, 2.05) is 23.9 Å². The minimum Gasteiger partial charge on any atom is -0.314 e. The minimum absolute atomic E-state index is 0. The zero-order valence-corrected chi connectivity index (χ0v) is 9.38. The van der Waals surface area contributed by atoms with E-state index in [4.69, 9.17) is 11.6 Å². The molecular weight excluding hydrogens is 225 g/mol. The summed E-state index contributed by atoms with van der Waals surface area (Å²) in [6, 6.07) is 8.03. The summed E-state index contributed by atoms with van der Waals surface area (Å²) < 4.78 is 0. The van der Waals surface area contributed by atoms with Crippen LogP contribution in [0.25, 0.3) is 0 Å². The van der Waals surface area contributed by atoms with Gasteiger partial charge in [-0.3, -0.25) is 0 Å². The van der Waals surface area contributed by atoms with Crippen LogP contribution in [0, 0.1) is 0 Å². The number of halogens is 2. The molecule has 0 radical (unpaired) electrons. The van der Waals surface area contributed by atoms with Gasteiger partial charge in [-0.05, 0) is 24.3 Å². The van der Waals surface area contributed by atoms with Crippen molar-refractivity contribution in [3.8, 4) is 0 Å². The average Bonchev–Trinajstić information content (AvgIpc) is 2.00. The molecule has 2 rings (SSSR count). The lowest BCUT2D eigenvalue weighted by Crippen LogP contribution is -2.44. The molecule has 0 aromatic heterocycles. The van der Waals surface area contributed by atoms with Crippen molar-refractivity contribution in [3.05, 3.63) is 29.3 Å². The van der Waals surface area contributed by atoms with Crippen molar-refractivity contribution in [1.82, 2.24) is 5.32 Å². The minimum atomic E-state index is 0. The van der Waals surface area contributed by atoms with Crippen LogP contribution in [0.4, 0.5) is 0 Å². The summed E-state index contributed by atoms with van der Waals surface area (Å²) in [5.41, 5.74) is 0. The first-order valence-electron chi connectivity index (χ1n) is 3.97. The first-order chi connectivity index (χ1) is 5.84. The molecule has 0 saturated carbocycles. The van der Waals surface area contributed by atoms with Gasteiger partial charge in [0.25, 0.3) is 0 Å². The Bertz CT molecular complexity index is 259. The fraction of sp³-hybridized carbons (Fsp3) is 0.333. The molecule has 4 heteroatoms. The van der Waals surface area contributed by atoms with Gasteiger partial charge in [0.15, 0.2) is 0 Å². The van der Waals surface area contributed by atoms with Gasteiger partial charge in [0.05, 0.1) is 0 Å². The van der Waals surface area contributed by atoms with Gasteiger partial charge in [0, 0.05) is 28.3 Å². The van der Waals surface area contributed by atoms with Crippen LogP contribution in [-0.2, 0) is 0 Å². The zero-order chi connectivity index (χ0) is 8.39. The fourth-order valence-electron chi connectivity index (χ4n) is 1.05. The number of thioether (sulfide) groups is 1. The summed E-state index contributed by atoms with van der Waals surface area (Å²) in [5.74, 6) is 0. The third kappa shape index (κ3) is 3.06. The Morgan fingerprint density at radius 1 is 1.23 bits per heavy atom. The molecule has 0 spiro atoms. The van der Waals surface area contributed by atoms with Crippen LogP contribution in [0.3, 0.4) is 0 Å². The molecule has 1 aliphatic rings. The highest BCUT2D eigenvalue weighted by Crippen LogP contribution is 2.26. The van der Waals surface area contributed by atoms with E-state index in [-0.39, 0.29) is 12.4 Å². The topological polar surface area (TPSA) is 12.0 Å². The highest BCUT2D eigenvalue weighted by atomic mass is 35.5. The van der Waals surface area contributed by atoms with Crippen molar-refractivity contribution >= 4 is 35.8 Å². The Balaban J connectivity index is 0.000000845. The van der Waals surface area contributed by atoms with E-state index < -0.39 is 0 Å². The van der Waals surface area contributed by atoms with E-state index in [2.05, 4.69) is 17.4 Å². The molecule has 1 N–H and O–H groups in total. The molecule has 1 fully saturated rings. The highest BCUT2D eigenvalue weighted by molar-refractivity contribution is 8.00. The first kappa shape index (κ1) is 11.2. The predicted molar refractivity (Wildman–Crippen MR) is 61.2 cm³/mol. The van der Waals surface area contributed by atoms with Crippen molar-refractivity contribution in [2.45, 2.75) is 10.1 Å². The summed E-state index contributed by atoms with van der Waals surface area (Å²) in [4.78, 5) is 1.31. The molecule has 0 bridgehead atoms. The van der Waals surface area contributed by atoms with Crippen molar-refractivity contribution in [2.24, 2.45) is 0 Å². The third-order valence-corrected chi connectivity index (χ3v) is 3.32. The van der Waals surface area contributed by atoms with Crippen molar-refractivity contribution < 1.29 is 0 Å². The number of rotatable bonds is 2. The van der Waals surface area contributed by atoms with Crippen molar-refractivity contribution in [2.75, 3.05) is 13.1 Å². The van der Waals surface area contributed by atoms with Crippen LogP contribution in [0.2, 0.25) is 5.02 Å². The molecule has 0 atom stereocenters. The largest absolute Gasteiger partial charge is 0.314 e. The van der Waals surface area contributed by atoms with E-state index in [1.54, 1.807) is 0 Å². The van der Waals surface area contributed by atoms with Crippen LogP contribution in [0.15, 0.2) is 29.2 Å². The summed E-state index contributed by atoms with van der Waals surface area (Å²) in [5, 5.41) is 4.81. The van der Waals surface area contributed by atoms with Gasteiger partial charge in [0.1, 0.15) is 0 Å². The maximum atomic E-state index is 5.77. The second-order valence-corrected chi connectivity index (χ2v) is 4.66. The smallest absolute Gasteiger partial charge is 0.0406 e. The Hall–Kier alpha value is 0.110. The number of benzene rings is 1. The fourth-order valence-corrected chi connectivity index (χ4v) is 2.26. The van der Waals surface area contributed by atoms with Crippen LogP contribution >= 0.6 is 35.8 Å². The third-order valence-electron chi connectivity index (χ3n) is 1.86. The lowest BCUT2D eigenvalue weighted by Gasteiger charge is -2.26. The van der Waals surface area contributed by atoms with E-state index in [0.29, 0.717) is 0 Å². The molecule has 1 aromatic rings. The van der Waals surface area contributed by atoms with Crippen molar-refractivity contribution in [1.29, 1.82) is 0 Å². The van der Waals surface area contributed by atoms with Crippen molar-refractivity contribution in [3.63, 3.8) is 0 Å². The molecular formula is C9H11Cl2NS. The van der Waals surface area contributed by atoms with Crippen LogP contribution in [0.5, 0.6) is 0 Å². The maximum Gasteiger partial charge on any atom is 0.0406 e. The van der Waals surface area contributed by atoms with E-state index >= 15 is 0 Å². The lowest BCUT2D eigenvalue weighted by atomic mass is 10.3. The normalized spacial score (nSPS) is 16.1. The Labute approximate surface area is 93.6 Å². The molecule has 1 saturated heterocycles. The lowest BCUT2D eigenvalue weighted by molar-refractivity contribution is 0.544. The van der Waals surface area contributed by atoms with Gasteiger partial charge in [-0.2, -0.15) is 0 Å². The SMILES string of the molecule is Cl.Clc1ccc(SC2CNC2)cc1. The maximum absolute atomic E-state index is 5.77. The summed E-state index contributed by atoms with van der Waals surface area (Å²) in [6.07, 6.45) is 0. The molecule has 1 nitrogen and oxygen atoms in total. The zero-order valence-electron chi connectivity index (χ0n) is 7.00. The van der Waals surface area contributed by atoms with Gasteiger partial charge in [-0.15, -0.1) is 24.2 Å². The monoisotopic (exact) mass is 235 g/mol. The molecule has 1 heterocycles. The molecule has 1 aromatic carbocycles. The van der Waals surface area contributed by atoms with Crippen LogP contribution in [0.1, 0.15) is 0 Å². The van der Waals surface area contributed by atoms with Gasteiger partial charge >= 0.3 is 0 Å². The number of nitrogens with one attached hydrogen (secondary N) is 1. The summed E-state index contributed by atoms with van der Waals surface area (Å²) in [7, 11) is 0. The van der Waals surface area contributed by atoms with Gasteiger partial charge in [-0.25, -0.2) is 0 Å². The molecule has 0 unspecified atom stereocenters. The van der Waals surface area contributed by atoms with Gasteiger partial charge < -0.3 is 5.32 Å². The molecule has 1 aliphatic heterocycles. The number of hydrogen-bond acceptors (Lipinski definition) is 2. The molecule has 13 heavy (non-hydrogen) atoms. The summed E-state index contributed by atoms with van der Waals surface area (Å²) in [6.45, 7) is 2.26. The van der Waals surface area contributed by atoms with Gasteiger partial charge in [0.2, 0.25) is 0 Å². The van der Waals surface area contributed by atoms with E-state index in [1.165, 1.54) is 4.90 Å². The van der Waals surface area contributed by atoms with E-state index in [9.17, 15) is 0 Å². The van der Waals surface area contributed by atoms with Crippen LogP contribution in [-0.4, -0.2) is 18.3 Å². The Morgan fingerprint density at radius 3 is 2.31 bits per heavy atom. The second-order valence-electron chi connectivity index (χ2n) is 2.85. The van der Waals surface area contributed by atoms with Gasteiger partial charge in [-0.1, -0.05) is 11.6 Å².